The van der Waals surface area contributed by atoms with Gasteiger partial charge < -0.3 is 10.2 Å². The molecule has 0 spiro atoms. The minimum atomic E-state index is 0.216. The number of aryl methyl sites for hydroxylation is 3. The number of benzene rings is 1. The van der Waals surface area contributed by atoms with Crippen molar-refractivity contribution in [1.29, 1.82) is 0 Å². The fourth-order valence-corrected chi connectivity index (χ4v) is 2.14. The standard InChI is InChI=1S/C16H26N2O/c1-12-9-14(3)15(10-13(12)2)11-18(5)16(19)7-6-8-17-4/h9-10,17H,6-8,11H2,1-5H3. The van der Waals surface area contributed by atoms with Crippen LogP contribution >= 0.6 is 0 Å². The van der Waals surface area contributed by atoms with Crippen molar-refractivity contribution in [3.8, 4) is 0 Å². The lowest BCUT2D eigenvalue weighted by atomic mass is 10.0. The van der Waals surface area contributed by atoms with Crippen molar-refractivity contribution in [2.24, 2.45) is 0 Å². The summed E-state index contributed by atoms with van der Waals surface area (Å²) in [5.74, 6) is 0.216. The average molecular weight is 262 g/mol. The normalized spacial score (nSPS) is 10.6. The Balaban J connectivity index is 2.63. The van der Waals surface area contributed by atoms with Gasteiger partial charge >= 0.3 is 0 Å². The van der Waals surface area contributed by atoms with Crippen molar-refractivity contribution in [1.82, 2.24) is 10.2 Å². The maximum absolute atomic E-state index is 12.0. The third kappa shape index (κ3) is 4.67. The van der Waals surface area contributed by atoms with Crippen LogP contribution in [0, 0.1) is 20.8 Å². The van der Waals surface area contributed by atoms with Crippen molar-refractivity contribution in [2.75, 3.05) is 20.6 Å². The number of nitrogens with one attached hydrogen (secondary N) is 1. The highest BCUT2D eigenvalue weighted by atomic mass is 16.2. The summed E-state index contributed by atoms with van der Waals surface area (Å²) < 4.78 is 0. The van der Waals surface area contributed by atoms with Gasteiger partial charge in [0.05, 0.1) is 0 Å². The molecule has 0 aromatic heterocycles. The van der Waals surface area contributed by atoms with Gasteiger partial charge in [-0.25, -0.2) is 0 Å². The molecule has 0 saturated carbocycles. The summed E-state index contributed by atoms with van der Waals surface area (Å²) in [5, 5.41) is 3.06. The van der Waals surface area contributed by atoms with Crippen LogP contribution in [0.1, 0.15) is 35.1 Å². The fourth-order valence-electron chi connectivity index (χ4n) is 2.14. The van der Waals surface area contributed by atoms with Crippen LogP contribution in [0.15, 0.2) is 12.1 Å². The van der Waals surface area contributed by atoms with Crippen LogP contribution < -0.4 is 5.32 Å². The molecule has 1 aromatic rings. The highest BCUT2D eigenvalue weighted by molar-refractivity contribution is 5.75. The van der Waals surface area contributed by atoms with Crippen LogP contribution in [0.2, 0.25) is 0 Å². The summed E-state index contributed by atoms with van der Waals surface area (Å²) in [6.45, 7) is 7.94. The molecule has 0 aliphatic rings. The van der Waals surface area contributed by atoms with Gasteiger partial charge in [0.15, 0.2) is 0 Å². The van der Waals surface area contributed by atoms with E-state index in [-0.39, 0.29) is 5.91 Å². The lowest BCUT2D eigenvalue weighted by molar-refractivity contribution is -0.130. The molecule has 1 amide bonds. The van der Waals surface area contributed by atoms with E-state index in [1.807, 2.05) is 19.0 Å². The van der Waals surface area contributed by atoms with E-state index in [0.29, 0.717) is 13.0 Å². The van der Waals surface area contributed by atoms with E-state index in [4.69, 9.17) is 0 Å². The van der Waals surface area contributed by atoms with Crippen molar-refractivity contribution >= 4 is 5.91 Å². The van der Waals surface area contributed by atoms with Crippen LogP contribution in [-0.4, -0.2) is 31.4 Å². The number of amides is 1. The summed E-state index contributed by atoms with van der Waals surface area (Å²) in [7, 11) is 3.79. The van der Waals surface area contributed by atoms with Gasteiger partial charge in [0.2, 0.25) is 5.91 Å². The number of carbonyl (C=O) groups is 1. The van der Waals surface area contributed by atoms with Gasteiger partial charge in [0.25, 0.3) is 0 Å². The smallest absolute Gasteiger partial charge is 0.222 e. The molecule has 0 bridgehead atoms. The molecule has 1 aromatic carbocycles. The molecule has 0 radical (unpaired) electrons. The first-order chi connectivity index (χ1) is 8.95. The lowest BCUT2D eigenvalue weighted by Gasteiger charge is -2.19. The van der Waals surface area contributed by atoms with E-state index in [1.165, 1.54) is 22.3 Å². The van der Waals surface area contributed by atoms with E-state index < -0.39 is 0 Å². The number of carbonyl (C=O) groups excluding carboxylic acids is 1. The van der Waals surface area contributed by atoms with E-state index in [1.54, 1.807) is 0 Å². The van der Waals surface area contributed by atoms with Crippen molar-refractivity contribution < 1.29 is 4.79 Å². The highest BCUT2D eigenvalue weighted by Gasteiger charge is 2.10. The minimum Gasteiger partial charge on any atom is -0.341 e. The Morgan fingerprint density at radius 2 is 1.79 bits per heavy atom. The topological polar surface area (TPSA) is 32.3 Å². The van der Waals surface area contributed by atoms with Gasteiger partial charge in [-0.15, -0.1) is 0 Å². The highest BCUT2D eigenvalue weighted by Crippen LogP contribution is 2.17. The van der Waals surface area contributed by atoms with Crippen molar-refractivity contribution in [3.05, 3.63) is 34.4 Å². The molecule has 3 heteroatoms. The van der Waals surface area contributed by atoms with Crippen LogP contribution in [0.3, 0.4) is 0 Å². The van der Waals surface area contributed by atoms with Gasteiger partial charge in [0.1, 0.15) is 0 Å². The van der Waals surface area contributed by atoms with Gasteiger partial charge in [-0.1, -0.05) is 12.1 Å². The Kier molecular flexibility index (Phi) is 6.03. The number of hydrogen-bond acceptors (Lipinski definition) is 2. The summed E-state index contributed by atoms with van der Waals surface area (Å²) >= 11 is 0. The molecule has 0 unspecified atom stereocenters. The molecule has 3 nitrogen and oxygen atoms in total. The first kappa shape index (κ1) is 15.7. The molecular formula is C16H26N2O. The Labute approximate surface area is 117 Å². The van der Waals surface area contributed by atoms with Crippen molar-refractivity contribution in [2.45, 2.75) is 40.2 Å². The van der Waals surface area contributed by atoms with Gasteiger partial charge in [0, 0.05) is 20.0 Å². The Morgan fingerprint density at radius 1 is 1.16 bits per heavy atom. The van der Waals surface area contributed by atoms with Gasteiger partial charge in [-0.2, -0.15) is 0 Å². The molecule has 0 aliphatic heterocycles. The number of nitrogens with zero attached hydrogens (tertiary/aromatic N) is 1. The number of rotatable bonds is 6. The van der Waals surface area contributed by atoms with Gasteiger partial charge in [-0.05, 0) is 63.0 Å². The maximum atomic E-state index is 12.0. The minimum absolute atomic E-state index is 0.216. The molecule has 0 fully saturated rings. The first-order valence-electron chi connectivity index (χ1n) is 6.91. The molecule has 0 heterocycles. The zero-order valence-corrected chi connectivity index (χ0v) is 12.8. The first-order valence-corrected chi connectivity index (χ1v) is 6.91. The average Bonchev–Trinajstić information content (AvgIpc) is 2.36. The zero-order chi connectivity index (χ0) is 14.4. The molecule has 1 rings (SSSR count). The monoisotopic (exact) mass is 262 g/mol. The third-order valence-corrected chi connectivity index (χ3v) is 3.60. The van der Waals surface area contributed by atoms with Crippen LogP contribution in [0.5, 0.6) is 0 Å². The summed E-state index contributed by atoms with van der Waals surface area (Å²) in [4.78, 5) is 13.8. The van der Waals surface area contributed by atoms with E-state index >= 15 is 0 Å². The second-order valence-corrected chi connectivity index (χ2v) is 5.32. The molecular weight excluding hydrogens is 236 g/mol. The van der Waals surface area contributed by atoms with Crippen LogP contribution in [0.25, 0.3) is 0 Å². The number of hydrogen-bond donors (Lipinski definition) is 1. The fraction of sp³-hybridized carbons (Fsp3) is 0.562. The molecule has 1 N–H and O–H groups in total. The molecule has 19 heavy (non-hydrogen) atoms. The Bertz CT molecular complexity index is 441. The molecule has 106 valence electrons. The van der Waals surface area contributed by atoms with E-state index in [0.717, 1.165) is 13.0 Å². The quantitative estimate of drug-likeness (QED) is 0.799. The van der Waals surface area contributed by atoms with Crippen LogP contribution in [0.4, 0.5) is 0 Å². The third-order valence-electron chi connectivity index (χ3n) is 3.60. The van der Waals surface area contributed by atoms with E-state index in [9.17, 15) is 4.79 Å². The van der Waals surface area contributed by atoms with Crippen LogP contribution in [-0.2, 0) is 11.3 Å². The predicted molar refractivity (Wildman–Crippen MR) is 80.3 cm³/mol. The zero-order valence-electron chi connectivity index (χ0n) is 12.8. The SMILES string of the molecule is CNCCCC(=O)N(C)Cc1cc(C)c(C)cc1C. The molecule has 0 aliphatic carbocycles. The Morgan fingerprint density at radius 3 is 2.42 bits per heavy atom. The summed E-state index contributed by atoms with van der Waals surface area (Å²) in [6.07, 6.45) is 1.51. The van der Waals surface area contributed by atoms with E-state index in [2.05, 4.69) is 38.2 Å². The summed E-state index contributed by atoms with van der Waals surface area (Å²) in [5.41, 5.74) is 5.10. The summed E-state index contributed by atoms with van der Waals surface area (Å²) in [6, 6.07) is 4.39. The van der Waals surface area contributed by atoms with Gasteiger partial charge in [-0.3, -0.25) is 4.79 Å². The second-order valence-electron chi connectivity index (χ2n) is 5.32. The molecule has 0 saturated heterocycles. The largest absolute Gasteiger partial charge is 0.341 e. The molecule has 0 atom stereocenters. The lowest BCUT2D eigenvalue weighted by Crippen LogP contribution is -2.27. The predicted octanol–water partition coefficient (Wildman–Crippen LogP) is 2.57. The second kappa shape index (κ2) is 7.29. The maximum Gasteiger partial charge on any atom is 0.222 e. The Hall–Kier alpha value is -1.35. The van der Waals surface area contributed by atoms with Crippen molar-refractivity contribution in [3.63, 3.8) is 0 Å².